The Labute approximate surface area is 145 Å². The van der Waals surface area contributed by atoms with E-state index in [1.165, 1.54) is 10.4 Å². The summed E-state index contributed by atoms with van der Waals surface area (Å²) in [5.41, 5.74) is 0.446. The molecule has 1 aromatic rings. The lowest BCUT2D eigenvalue weighted by Gasteiger charge is -2.28. The number of amides is 1. The van der Waals surface area contributed by atoms with Crippen LogP contribution >= 0.6 is 0 Å². The topological polar surface area (TPSA) is 57.7 Å². The molecule has 0 unspecified atom stereocenters. The maximum atomic E-state index is 12.9. The van der Waals surface area contributed by atoms with Crippen molar-refractivity contribution in [3.8, 4) is 0 Å². The third-order valence-electron chi connectivity index (χ3n) is 4.85. The zero-order chi connectivity index (χ0) is 17.9. The summed E-state index contributed by atoms with van der Waals surface area (Å²) in [5, 5.41) is 0. The molecule has 0 bridgehead atoms. The Bertz CT molecular complexity index is 679. The maximum absolute atomic E-state index is 12.9. The molecule has 1 aliphatic rings. The molecule has 0 aliphatic heterocycles. The van der Waals surface area contributed by atoms with E-state index < -0.39 is 10.0 Å². The van der Waals surface area contributed by atoms with Crippen molar-refractivity contribution in [1.29, 1.82) is 0 Å². The van der Waals surface area contributed by atoms with Gasteiger partial charge in [0.1, 0.15) is 0 Å². The molecule has 1 aromatic carbocycles. The number of benzene rings is 1. The number of carbonyl (C=O) groups excluding carboxylic acids is 1. The number of carbonyl (C=O) groups is 1. The van der Waals surface area contributed by atoms with Gasteiger partial charge >= 0.3 is 0 Å². The van der Waals surface area contributed by atoms with Gasteiger partial charge in [-0.25, -0.2) is 8.42 Å². The molecular weight excluding hydrogens is 324 g/mol. The van der Waals surface area contributed by atoms with E-state index >= 15 is 0 Å². The average Bonchev–Trinajstić information content (AvgIpc) is 3.09. The summed E-state index contributed by atoms with van der Waals surface area (Å²) in [6, 6.07) is 6.55. The lowest BCUT2D eigenvalue weighted by molar-refractivity contribution is 0.0693. The van der Waals surface area contributed by atoms with Crippen LogP contribution in [-0.4, -0.2) is 49.2 Å². The van der Waals surface area contributed by atoms with Gasteiger partial charge in [-0.2, -0.15) is 4.31 Å². The molecule has 0 heterocycles. The Kier molecular flexibility index (Phi) is 6.04. The van der Waals surface area contributed by atoms with Crippen LogP contribution in [0.3, 0.4) is 0 Å². The standard InChI is InChI=1S/C18H28N2O3S/c1-5-20(16-10-6-7-11-16)18(21)15-9-8-12-17(13-15)24(22,23)19(4)14(2)3/h8-9,12-14,16H,5-7,10-11H2,1-4H3. The third-order valence-corrected chi connectivity index (χ3v) is 6.88. The smallest absolute Gasteiger partial charge is 0.254 e. The Morgan fingerprint density at radius 1 is 1.25 bits per heavy atom. The summed E-state index contributed by atoms with van der Waals surface area (Å²) in [6.45, 7) is 6.27. The zero-order valence-electron chi connectivity index (χ0n) is 15.0. The Balaban J connectivity index is 2.31. The van der Waals surface area contributed by atoms with Crippen LogP contribution in [0.2, 0.25) is 0 Å². The second-order valence-electron chi connectivity index (χ2n) is 6.67. The molecule has 0 saturated heterocycles. The number of sulfonamides is 1. The molecule has 0 N–H and O–H groups in total. The molecule has 24 heavy (non-hydrogen) atoms. The first kappa shape index (κ1) is 18.9. The first-order valence-electron chi connectivity index (χ1n) is 8.68. The fourth-order valence-electron chi connectivity index (χ4n) is 3.18. The molecule has 6 heteroatoms. The van der Waals surface area contributed by atoms with Crippen LogP contribution in [0.5, 0.6) is 0 Å². The van der Waals surface area contributed by atoms with E-state index in [-0.39, 0.29) is 22.9 Å². The van der Waals surface area contributed by atoms with Crippen molar-refractivity contribution in [1.82, 2.24) is 9.21 Å². The molecule has 0 aromatic heterocycles. The fraction of sp³-hybridized carbons (Fsp3) is 0.611. The van der Waals surface area contributed by atoms with Gasteiger partial charge in [-0.1, -0.05) is 18.9 Å². The molecule has 0 atom stereocenters. The Hall–Kier alpha value is -1.40. The highest BCUT2D eigenvalue weighted by atomic mass is 32.2. The van der Waals surface area contributed by atoms with Gasteiger partial charge in [-0.05, 0) is 51.8 Å². The van der Waals surface area contributed by atoms with E-state index in [2.05, 4.69) is 0 Å². The number of hydrogen-bond donors (Lipinski definition) is 0. The maximum Gasteiger partial charge on any atom is 0.254 e. The number of nitrogens with zero attached hydrogens (tertiary/aromatic N) is 2. The van der Waals surface area contributed by atoms with Gasteiger partial charge in [-0.3, -0.25) is 4.79 Å². The van der Waals surface area contributed by atoms with Gasteiger partial charge in [0.05, 0.1) is 4.90 Å². The Morgan fingerprint density at radius 2 is 1.88 bits per heavy atom. The van der Waals surface area contributed by atoms with E-state index in [9.17, 15) is 13.2 Å². The van der Waals surface area contributed by atoms with Gasteiger partial charge in [0.15, 0.2) is 0 Å². The minimum absolute atomic E-state index is 0.0753. The second kappa shape index (κ2) is 7.66. The first-order valence-corrected chi connectivity index (χ1v) is 10.1. The number of rotatable bonds is 6. The van der Waals surface area contributed by atoms with Crippen molar-refractivity contribution in [2.45, 2.75) is 63.4 Å². The molecule has 134 valence electrons. The lowest BCUT2D eigenvalue weighted by Crippen LogP contribution is -2.38. The first-order chi connectivity index (χ1) is 11.3. The quantitative estimate of drug-likeness (QED) is 0.790. The highest BCUT2D eigenvalue weighted by Gasteiger charge is 2.28. The highest BCUT2D eigenvalue weighted by Crippen LogP contribution is 2.25. The van der Waals surface area contributed by atoms with E-state index in [0.29, 0.717) is 12.1 Å². The summed E-state index contributed by atoms with van der Waals surface area (Å²) in [7, 11) is -2.02. The lowest BCUT2D eigenvalue weighted by atomic mass is 10.1. The molecule has 1 saturated carbocycles. The molecule has 2 rings (SSSR count). The van der Waals surface area contributed by atoms with E-state index in [0.717, 1.165) is 25.7 Å². The highest BCUT2D eigenvalue weighted by molar-refractivity contribution is 7.89. The van der Waals surface area contributed by atoms with Gasteiger partial charge in [0.25, 0.3) is 5.91 Å². The predicted molar refractivity (Wildman–Crippen MR) is 95.5 cm³/mol. The molecule has 1 amide bonds. The van der Waals surface area contributed by atoms with Gasteiger partial charge < -0.3 is 4.90 Å². The van der Waals surface area contributed by atoms with Crippen LogP contribution in [0.15, 0.2) is 29.2 Å². The van der Waals surface area contributed by atoms with Crippen molar-refractivity contribution in [3.63, 3.8) is 0 Å². The monoisotopic (exact) mass is 352 g/mol. The summed E-state index contributed by atoms with van der Waals surface area (Å²) < 4.78 is 26.6. The van der Waals surface area contributed by atoms with Crippen molar-refractivity contribution in [3.05, 3.63) is 29.8 Å². The molecular formula is C18H28N2O3S. The number of hydrogen-bond acceptors (Lipinski definition) is 3. The van der Waals surface area contributed by atoms with Crippen molar-refractivity contribution < 1.29 is 13.2 Å². The van der Waals surface area contributed by atoms with Crippen molar-refractivity contribution in [2.24, 2.45) is 0 Å². The molecule has 1 aliphatic carbocycles. The minimum atomic E-state index is -3.58. The Morgan fingerprint density at radius 3 is 2.42 bits per heavy atom. The van der Waals surface area contributed by atoms with Crippen LogP contribution in [0.1, 0.15) is 56.8 Å². The molecule has 1 fully saturated rings. The van der Waals surface area contributed by atoms with Crippen molar-refractivity contribution >= 4 is 15.9 Å². The summed E-state index contributed by atoms with van der Waals surface area (Å²) in [4.78, 5) is 14.9. The average molecular weight is 353 g/mol. The molecule has 5 nitrogen and oxygen atoms in total. The van der Waals surface area contributed by atoms with E-state index in [4.69, 9.17) is 0 Å². The van der Waals surface area contributed by atoms with E-state index in [1.54, 1.807) is 25.2 Å². The van der Waals surface area contributed by atoms with Crippen LogP contribution in [0.4, 0.5) is 0 Å². The fourth-order valence-corrected chi connectivity index (χ4v) is 4.60. The SMILES string of the molecule is CCN(C(=O)c1cccc(S(=O)(=O)N(C)C(C)C)c1)C1CCCC1. The summed E-state index contributed by atoms with van der Waals surface area (Å²) >= 11 is 0. The van der Waals surface area contributed by atoms with Crippen LogP contribution in [-0.2, 0) is 10.0 Å². The molecule has 0 spiro atoms. The van der Waals surface area contributed by atoms with Crippen LogP contribution < -0.4 is 0 Å². The second-order valence-corrected chi connectivity index (χ2v) is 8.67. The van der Waals surface area contributed by atoms with Gasteiger partial charge in [0, 0.05) is 31.2 Å². The normalized spacial score (nSPS) is 16.1. The minimum Gasteiger partial charge on any atom is -0.336 e. The van der Waals surface area contributed by atoms with Crippen LogP contribution in [0, 0.1) is 0 Å². The van der Waals surface area contributed by atoms with Crippen LogP contribution in [0.25, 0.3) is 0 Å². The summed E-state index contributed by atoms with van der Waals surface area (Å²) in [5.74, 6) is -0.0753. The van der Waals surface area contributed by atoms with Crippen molar-refractivity contribution in [2.75, 3.05) is 13.6 Å². The summed E-state index contributed by atoms with van der Waals surface area (Å²) in [6.07, 6.45) is 4.38. The largest absolute Gasteiger partial charge is 0.336 e. The zero-order valence-corrected chi connectivity index (χ0v) is 15.8. The molecule has 0 radical (unpaired) electrons. The predicted octanol–water partition coefficient (Wildman–Crippen LogP) is 3.12. The van der Waals surface area contributed by atoms with Gasteiger partial charge in [0.2, 0.25) is 10.0 Å². The third kappa shape index (κ3) is 3.81. The van der Waals surface area contributed by atoms with E-state index in [1.807, 2.05) is 25.7 Å². The van der Waals surface area contributed by atoms with Gasteiger partial charge in [-0.15, -0.1) is 0 Å².